The summed E-state index contributed by atoms with van der Waals surface area (Å²) < 4.78 is 39.8. The zero-order chi connectivity index (χ0) is 13.1. The van der Waals surface area contributed by atoms with Crippen LogP contribution in [0.15, 0.2) is 24.8 Å². The maximum absolute atomic E-state index is 13.7. The standard InChI is InChI=1S/C13H15F3N2.ClH/c1-2-13(18-5-3-17-4-6-18)9-7-11(15)12(16)8-10(9)14;/h2,7-8,13,17H,1,3-6H2;1H/t13-;/m0./s1. The van der Waals surface area contributed by atoms with Crippen LogP contribution in [0.5, 0.6) is 0 Å². The molecule has 1 saturated heterocycles. The van der Waals surface area contributed by atoms with E-state index in [-0.39, 0.29) is 18.0 Å². The maximum Gasteiger partial charge on any atom is 0.161 e. The van der Waals surface area contributed by atoms with Crippen LogP contribution in [0.1, 0.15) is 11.6 Å². The second kappa shape index (κ2) is 6.93. The quantitative estimate of drug-likeness (QED) is 0.681. The van der Waals surface area contributed by atoms with Crippen LogP contribution in [0.25, 0.3) is 0 Å². The lowest BCUT2D eigenvalue weighted by Gasteiger charge is -2.33. The fraction of sp³-hybridized carbons (Fsp3) is 0.385. The molecule has 1 fully saturated rings. The van der Waals surface area contributed by atoms with E-state index >= 15 is 0 Å². The lowest BCUT2D eigenvalue weighted by atomic mass is 10.0. The average Bonchev–Trinajstić information content (AvgIpc) is 2.38. The Kier molecular flexibility index (Phi) is 5.85. The largest absolute Gasteiger partial charge is 0.314 e. The van der Waals surface area contributed by atoms with Gasteiger partial charge < -0.3 is 5.32 Å². The molecule has 0 aromatic heterocycles. The minimum atomic E-state index is -1.17. The predicted molar refractivity (Wildman–Crippen MR) is 70.9 cm³/mol. The highest BCUT2D eigenvalue weighted by molar-refractivity contribution is 5.85. The number of hydrogen-bond acceptors (Lipinski definition) is 2. The van der Waals surface area contributed by atoms with Crippen LogP contribution < -0.4 is 5.32 Å². The maximum atomic E-state index is 13.7. The Labute approximate surface area is 116 Å². The van der Waals surface area contributed by atoms with Crippen molar-refractivity contribution in [3.05, 3.63) is 47.8 Å². The lowest BCUT2D eigenvalue weighted by molar-refractivity contribution is 0.200. The van der Waals surface area contributed by atoms with Crippen molar-refractivity contribution in [1.29, 1.82) is 0 Å². The predicted octanol–water partition coefficient (Wildman–Crippen LogP) is 2.66. The summed E-state index contributed by atoms with van der Waals surface area (Å²) in [6.45, 7) is 6.67. The van der Waals surface area contributed by atoms with Gasteiger partial charge in [0.2, 0.25) is 0 Å². The Bertz CT molecular complexity index is 448. The summed E-state index contributed by atoms with van der Waals surface area (Å²) in [7, 11) is 0. The second-order valence-electron chi connectivity index (χ2n) is 4.25. The van der Waals surface area contributed by atoms with Crippen LogP contribution in [0, 0.1) is 17.5 Å². The first kappa shape index (κ1) is 16.0. The number of piperazine rings is 1. The smallest absolute Gasteiger partial charge is 0.161 e. The van der Waals surface area contributed by atoms with Gasteiger partial charge in [0.25, 0.3) is 0 Å². The van der Waals surface area contributed by atoms with Gasteiger partial charge >= 0.3 is 0 Å². The molecule has 1 atom stereocenters. The molecule has 0 bridgehead atoms. The fourth-order valence-electron chi connectivity index (χ4n) is 2.20. The van der Waals surface area contributed by atoms with Crippen LogP contribution in [0.2, 0.25) is 0 Å². The Hall–Kier alpha value is -1.04. The van der Waals surface area contributed by atoms with Crippen molar-refractivity contribution >= 4 is 12.4 Å². The van der Waals surface area contributed by atoms with Crippen LogP contribution in [-0.4, -0.2) is 31.1 Å². The minimum Gasteiger partial charge on any atom is -0.314 e. The van der Waals surface area contributed by atoms with Crippen molar-refractivity contribution < 1.29 is 13.2 Å². The van der Waals surface area contributed by atoms with Crippen molar-refractivity contribution in [3.8, 4) is 0 Å². The summed E-state index contributed by atoms with van der Waals surface area (Å²) >= 11 is 0. The monoisotopic (exact) mass is 292 g/mol. The molecule has 2 rings (SSSR count). The van der Waals surface area contributed by atoms with Gasteiger partial charge in [0.15, 0.2) is 11.6 Å². The third kappa shape index (κ3) is 3.49. The van der Waals surface area contributed by atoms with Crippen molar-refractivity contribution in [2.75, 3.05) is 26.2 Å². The van der Waals surface area contributed by atoms with E-state index < -0.39 is 23.5 Å². The molecule has 1 aliphatic rings. The molecular formula is C13H16ClF3N2. The molecule has 0 amide bonds. The third-order valence-corrected chi connectivity index (χ3v) is 3.13. The van der Waals surface area contributed by atoms with Gasteiger partial charge in [-0.05, 0) is 6.07 Å². The zero-order valence-corrected chi connectivity index (χ0v) is 11.2. The average molecular weight is 293 g/mol. The number of rotatable bonds is 3. The van der Waals surface area contributed by atoms with E-state index in [1.54, 1.807) is 6.08 Å². The van der Waals surface area contributed by atoms with Gasteiger partial charge in [-0.2, -0.15) is 0 Å². The van der Waals surface area contributed by atoms with Gasteiger partial charge in [0.05, 0.1) is 6.04 Å². The Morgan fingerprint density at radius 1 is 1.11 bits per heavy atom. The Morgan fingerprint density at radius 2 is 1.68 bits per heavy atom. The zero-order valence-electron chi connectivity index (χ0n) is 10.3. The van der Waals surface area contributed by atoms with E-state index in [0.717, 1.165) is 32.2 Å². The van der Waals surface area contributed by atoms with E-state index in [0.29, 0.717) is 6.07 Å². The topological polar surface area (TPSA) is 15.3 Å². The highest BCUT2D eigenvalue weighted by Crippen LogP contribution is 2.26. The van der Waals surface area contributed by atoms with Crippen molar-refractivity contribution in [3.63, 3.8) is 0 Å². The molecule has 1 heterocycles. The fourth-order valence-corrected chi connectivity index (χ4v) is 2.20. The molecule has 106 valence electrons. The summed E-state index contributed by atoms with van der Waals surface area (Å²) in [4.78, 5) is 1.99. The van der Waals surface area contributed by atoms with Gasteiger partial charge in [0, 0.05) is 37.8 Å². The van der Waals surface area contributed by atoms with E-state index in [1.807, 2.05) is 4.90 Å². The number of nitrogens with zero attached hydrogens (tertiary/aromatic N) is 1. The minimum absolute atomic E-state index is 0. The number of nitrogens with one attached hydrogen (secondary N) is 1. The van der Waals surface area contributed by atoms with Crippen LogP contribution in [-0.2, 0) is 0 Å². The van der Waals surface area contributed by atoms with Gasteiger partial charge in [-0.15, -0.1) is 19.0 Å². The van der Waals surface area contributed by atoms with Crippen LogP contribution >= 0.6 is 12.4 Å². The number of benzene rings is 1. The molecule has 2 nitrogen and oxygen atoms in total. The van der Waals surface area contributed by atoms with Crippen LogP contribution in [0.4, 0.5) is 13.2 Å². The molecule has 6 heteroatoms. The first-order valence-electron chi connectivity index (χ1n) is 5.85. The molecule has 1 aliphatic heterocycles. The molecule has 1 aromatic carbocycles. The molecule has 0 spiro atoms. The van der Waals surface area contributed by atoms with Crippen LogP contribution in [0.3, 0.4) is 0 Å². The Balaban J connectivity index is 0.00000180. The van der Waals surface area contributed by atoms with Gasteiger partial charge in [-0.3, -0.25) is 4.90 Å². The summed E-state index contributed by atoms with van der Waals surface area (Å²) in [5, 5.41) is 3.18. The molecule has 0 unspecified atom stereocenters. The lowest BCUT2D eigenvalue weighted by Crippen LogP contribution is -2.44. The molecule has 0 saturated carbocycles. The van der Waals surface area contributed by atoms with E-state index in [4.69, 9.17) is 0 Å². The SMILES string of the molecule is C=C[C@@H](c1cc(F)c(F)cc1F)N1CCNCC1.Cl. The summed E-state index contributed by atoms with van der Waals surface area (Å²) in [5.41, 5.74) is 0.130. The summed E-state index contributed by atoms with van der Waals surface area (Å²) in [6.07, 6.45) is 1.56. The molecule has 0 radical (unpaired) electrons. The van der Waals surface area contributed by atoms with Crippen molar-refractivity contribution in [2.45, 2.75) is 6.04 Å². The second-order valence-corrected chi connectivity index (χ2v) is 4.25. The number of halogens is 4. The van der Waals surface area contributed by atoms with Gasteiger partial charge in [-0.1, -0.05) is 6.08 Å². The van der Waals surface area contributed by atoms with Crippen molar-refractivity contribution in [1.82, 2.24) is 10.2 Å². The Morgan fingerprint density at radius 3 is 2.26 bits per heavy atom. The highest BCUT2D eigenvalue weighted by atomic mass is 35.5. The molecular weight excluding hydrogens is 277 g/mol. The molecule has 0 aliphatic carbocycles. The van der Waals surface area contributed by atoms with Gasteiger partial charge in [0.1, 0.15) is 5.82 Å². The third-order valence-electron chi connectivity index (χ3n) is 3.13. The normalized spacial score (nSPS) is 17.6. The summed E-state index contributed by atoms with van der Waals surface area (Å²) in [5.74, 6) is -2.94. The highest BCUT2D eigenvalue weighted by Gasteiger charge is 2.23. The molecule has 19 heavy (non-hydrogen) atoms. The van der Waals surface area contributed by atoms with Gasteiger partial charge in [-0.25, -0.2) is 13.2 Å². The molecule has 1 N–H and O–H groups in total. The van der Waals surface area contributed by atoms with E-state index in [2.05, 4.69) is 11.9 Å². The first-order chi connectivity index (χ1) is 8.63. The summed E-state index contributed by atoms with van der Waals surface area (Å²) in [6, 6.07) is 1.07. The molecule has 1 aromatic rings. The van der Waals surface area contributed by atoms with Crippen molar-refractivity contribution in [2.24, 2.45) is 0 Å². The van der Waals surface area contributed by atoms with E-state index in [1.165, 1.54) is 0 Å². The number of hydrogen-bond donors (Lipinski definition) is 1. The van der Waals surface area contributed by atoms with E-state index in [9.17, 15) is 13.2 Å². The first-order valence-corrected chi connectivity index (χ1v) is 5.85.